The van der Waals surface area contributed by atoms with Crippen LogP contribution in [-0.2, 0) is 6.18 Å². The number of rotatable bonds is 1. The van der Waals surface area contributed by atoms with Gasteiger partial charge >= 0.3 is 6.18 Å². The molecule has 1 aromatic rings. The lowest BCUT2D eigenvalue weighted by atomic mass is 9.97. The molecule has 90 valence electrons. The van der Waals surface area contributed by atoms with Gasteiger partial charge in [0, 0.05) is 5.25 Å². The fourth-order valence-corrected chi connectivity index (χ4v) is 1.76. The van der Waals surface area contributed by atoms with Gasteiger partial charge in [0.15, 0.2) is 0 Å². The third-order valence-corrected chi connectivity index (χ3v) is 2.57. The Kier molecular flexibility index (Phi) is 3.42. The van der Waals surface area contributed by atoms with Gasteiger partial charge in [-0.25, -0.2) is 4.39 Å². The minimum absolute atomic E-state index is 0.104. The molecule has 0 saturated heterocycles. The summed E-state index contributed by atoms with van der Waals surface area (Å²) < 4.78 is 51.5. The number of benzene rings is 1. The molecule has 0 aliphatic heterocycles. The topological polar surface area (TPSA) is 26.0 Å². The number of nitrogens with two attached hydrogens (primary N) is 1. The lowest BCUT2D eigenvalue weighted by Gasteiger charge is -2.19. The molecule has 0 spiro atoms. The molecule has 1 unspecified atom stereocenters. The predicted octanol–water partition coefficient (Wildman–Crippen LogP) is 3.73. The van der Waals surface area contributed by atoms with E-state index in [1.165, 1.54) is 6.92 Å². The van der Waals surface area contributed by atoms with Crippen LogP contribution in [0.4, 0.5) is 23.2 Å². The third kappa shape index (κ3) is 2.26. The molecule has 0 saturated carbocycles. The number of halogens is 4. The van der Waals surface area contributed by atoms with E-state index in [2.05, 4.69) is 12.6 Å². The second-order valence-electron chi connectivity index (χ2n) is 3.54. The summed E-state index contributed by atoms with van der Waals surface area (Å²) in [5, 5.41) is -0.668. The second-order valence-corrected chi connectivity index (χ2v) is 4.32. The summed E-state index contributed by atoms with van der Waals surface area (Å²) in [4.78, 5) is 0. The normalized spacial score (nSPS) is 13.9. The van der Waals surface area contributed by atoms with Crippen molar-refractivity contribution in [3.8, 4) is 0 Å². The van der Waals surface area contributed by atoms with Crippen molar-refractivity contribution in [1.82, 2.24) is 0 Å². The van der Waals surface area contributed by atoms with E-state index in [1.54, 1.807) is 0 Å². The number of hydrogen-bond donors (Lipinski definition) is 2. The molecule has 6 heteroatoms. The standard InChI is InChI=1S/C10H11F4NS/c1-4-8(10(12,13)14)6(5(2)16)3-7(15)9(4)11/h3,5,16H,15H2,1-2H3. The number of thiol groups is 1. The Morgan fingerprint density at radius 2 is 1.88 bits per heavy atom. The highest BCUT2D eigenvalue weighted by atomic mass is 32.1. The molecule has 0 fully saturated rings. The zero-order valence-corrected chi connectivity index (χ0v) is 9.59. The minimum atomic E-state index is -4.61. The van der Waals surface area contributed by atoms with E-state index in [-0.39, 0.29) is 11.3 Å². The Morgan fingerprint density at radius 3 is 2.25 bits per heavy atom. The molecule has 0 aliphatic rings. The van der Waals surface area contributed by atoms with Crippen molar-refractivity contribution in [3.05, 3.63) is 28.6 Å². The van der Waals surface area contributed by atoms with Gasteiger partial charge in [0.05, 0.1) is 11.3 Å². The molecule has 16 heavy (non-hydrogen) atoms. The molecule has 0 aliphatic carbocycles. The van der Waals surface area contributed by atoms with Crippen LogP contribution in [-0.4, -0.2) is 0 Å². The lowest BCUT2D eigenvalue weighted by Crippen LogP contribution is -2.14. The van der Waals surface area contributed by atoms with Crippen LogP contribution in [0.1, 0.15) is 28.9 Å². The van der Waals surface area contributed by atoms with Crippen LogP contribution in [0.25, 0.3) is 0 Å². The lowest BCUT2D eigenvalue weighted by molar-refractivity contribution is -0.138. The van der Waals surface area contributed by atoms with E-state index in [0.29, 0.717) is 0 Å². The van der Waals surface area contributed by atoms with Crippen molar-refractivity contribution in [2.75, 3.05) is 5.73 Å². The molecule has 0 heterocycles. The van der Waals surface area contributed by atoms with E-state index in [0.717, 1.165) is 13.0 Å². The van der Waals surface area contributed by atoms with Gasteiger partial charge in [-0.3, -0.25) is 0 Å². The smallest absolute Gasteiger partial charge is 0.396 e. The number of nitrogen functional groups attached to an aromatic ring is 1. The van der Waals surface area contributed by atoms with Crippen LogP contribution >= 0.6 is 12.6 Å². The van der Waals surface area contributed by atoms with Gasteiger partial charge in [0.1, 0.15) is 5.82 Å². The van der Waals surface area contributed by atoms with Crippen LogP contribution in [0, 0.1) is 12.7 Å². The molecule has 0 bridgehead atoms. The van der Waals surface area contributed by atoms with Crippen LogP contribution in [0.5, 0.6) is 0 Å². The Morgan fingerprint density at radius 1 is 1.38 bits per heavy atom. The quantitative estimate of drug-likeness (QED) is 0.445. The van der Waals surface area contributed by atoms with Crippen LogP contribution in [0.15, 0.2) is 6.07 Å². The van der Waals surface area contributed by atoms with Gasteiger partial charge in [-0.1, -0.05) is 0 Å². The zero-order valence-electron chi connectivity index (χ0n) is 8.69. The van der Waals surface area contributed by atoms with Gasteiger partial charge in [-0.2, -0.15) is 25.8 Å². The molecule has 2 N–H and O–H groups in total. The maximum atomic E-state index is 13.3. The summed E-state index contributed by atoms with van der Waals surface area (Å²) in [6, 6.07) is 0.989. The van der Waals surface area contributed by atoms with E-state index < -0.39 is 28.4 Å². The number of alkyl halides is 3. The first-order valence-corrected chi connectivity index (χ1v) is 5.01. The van der Waals surface area contributed by atoms with E-state index in [9.17, 15) is 17.6 Å². The monoisotopic (exact) mass is 253 g/mol. The van der Waals surface area contributed by atoms with Gasteiger partial charge < -0.3 is 5.73 Å². The van der Waals surface area contributed by atoms with E-state index in [4.69, 9.17) is 5.73 Å². The fraction of sp³-hybridized carbons (Fsp3) is 0.400. The Hall–Kier alpha value is -0.910. The molecular formula is C10H11F4NS. The van der Waals surface area contributed by atoms with Crippen molar-refractivity contribution in [2.24, 2.45) is 0 Å². The molecule has 1 aromatic carbocycles. The highest BCUT2D eigenvalue weighted by Gasteiger charge is 2.37. The minimum Gasteiger partial charge on any atom is -0.396 e. The average Bonchev–Trinajstić information content (AvgIpc) is 2.10. The van der Waals surface area contributed by atoms with Crippen LogP contribution in [0.3, 0.4) is 0 Å². The second kappa shape index (κ2) is 4.16. The average molecular weight is 253 g/mol. The predicted molar refractivity (Wildman–Crippen MR) is 58.0 cm³/mol. The van der Waals surface area contributed by atoms with Gasteiger partial charge in [0.2, 0.25) is 0 Å². The molecule has 0 amide bonds. The van der Waals surface area contributed by atoms with Gasteiger partial charge in [-0.05, 0) is 31.0 Å². The molecule has 0 aromatic heterocycles. The molecule has 1 rings (SSSR count). The largest absolute Gasteiger partial charge is 0.417 e. The molecule has 1 atom stereocenters. The highest BCUT2D eigenvalue weighted by Crippen LogP contribution is 2.40. The van der Waals surface area contributed by atoms with Crippen molar-refractivity contribution in [1.29, 1.82) is 0 Å². The molecule has 1 nitrogen and oxygen atoms in total. The summed E-state index contributed by atoms with van der Waals surface area (Å²) in [5.74, 6) is -1.02. The van der Waals surface area contributed by atoms with Crippen molar-refractivity contribution < 1.29 is 17.6 Å². The summed E-state index contributed by atoms with van der Waals surface area (Å²) in [6.45, 7) is 2.54. The fourth-order valence-electron chi connectivity index (χ4n) is 1.55. The van der Waals surface area contributed by atoms with Crippen molar-refractivity contribution >= 4 is 18.3 Å². The summed E-state index contributed by atoms with van der Waals surface area (Å²) in [6.07, 6.45) is -4.61. The van der Waals surface area contributed by atoms with Crippen LogP contribution < -0.4 is 5.73 Å². The molecular weight excluding hydrogens is 242 g/mol. The molecule has 0 radical (unpaired) electrons. The number of hydrogen-bond acceptors (Lipinski definition) is 2. The van der Waals surface area contributed by atoms with Gasteiger partial charge in [0.25, 0.3) is 0 Å². The summed E-state index contributed by atoms with van der Waals surface area (Å²) in [7, 11) is 0. The van der Waals surface area contributed by atoms with E-state index in [1.807, 2.05) is 0 Å². The zero-order chi connectivity index (χ0) is 12.7. The SMILES string of the molecule is Cc1c(F)c(N)cc(C(C)S)c1C(F)(F)F. The first kappa shape index (κ1) is 13.2. The van der Waals surface area contributed by atoms with Crippen molar-refractivity contribution in [3.63, 3.8) is 0 Å². The maximum Gasteiger partial charge on any atom is 0.417 e. The third-order valence-electron chi connectivity index (χ3n) is 2.29. The highest BCUT2D eigenvalue weighted by molar-refractivity contribution is 7.80. The summed E-state index contributed by atoms with van der Waals surface area (Å²) in [5.41, 5.74) is 3.43. The maximum absolute atomic E-state index is 13.3. The first-order valence-electron chi connectivity index (χ1n) is 4.50. The Bertz CT molecular complexity index is 412. The van der Waals surface area contributed by atoms with Crippen LogP contribution in [0.2, 0.25) is 0 Å². The number of anilines is 1. The van der Waals surface area contributed by atoms with E-state index >= 15 is 0 Å². The Balaban J connectivity index is 3.62. The first-order chi connectivity index (χ1) is 7.16. The Labute approximate surface area is 96.0 Å². The van der Waals surface area contributed by atoms with Crippen molar-refractivity contribution in [2.45, 2.75) is 25.3 Å². The van der Waals surface area contributed by atoms with Gasteiger partial charge in [-0.15, -0.1) is 0 Å². The summed E-state index contributed by atoms with van der Waals surface area (Å²) >= 11 is 3.94.